The summed E-state index contributed by atoms with van der Waals surface area (Å²) < 4.78 is 0. The number of hydrogen-bond donors (Lipinski definition) is 2. The lowest BCUT2D eigenvalue weighted by Gasteiger charge is -2.23. The summed E-state index contributed by atoms with van der Waals surface area (Å²) in [4.78, 5) is 14.6. The van der Waals surface area contributed by atoms with Gasteiger partial charge in [0.1, 0.15) is 0 Å². The van der Waals surface area contributed by atoms with Gasteiger partial charge in [0.25, 0.3) is 0 Å². The second-order valence-electron chi connectivity index (χ2n) is 7.04. The van der Waals surface area contributed by atoms with Gasteiger partial charge in [-0.1, -0.05) is 37.1 Å². The fourth-order valence-corrected chi connectivity index (χ4v) is 3.94. The summed E-state index contributed by atoms with van der Waals surface area (Å²) in [6, 6.07) is 8.67. The molecule has 0 spiro atoms. The number of aliphatic hydroxyl groups is 1. The van der Waals surface area contributed by atoms with E-state index in [-0.39, 0.29) is 18.6 Å². The van der Waals surface area contributed by atoms with E-state index in [1.54, 1.807) is 0 Å². The number of aliphatic hydroxyl groups excluding tert-OH is 1. The lowest BCUT2D eigenvalue weighted by molar-refractivity contribution is -0.134. The van der Waals surface area contributed by atoms with Gasteiger partial charge in [0, 0.05) is 31.1 Å². The van der Waals surface area contributed by atoms with Crippen molar-refractivity contribution in [1.29, 1.82) is 0 Å². The van der Waals surface area contributed by atoms with E-state index in [2.05, 4.69) is 23.2 Å². The molecule has 1 aliphatic heterocycles. The molecule has 1 aromatic carbocycles. The molecule has 2 N–H and O–H groups in total. The Balaban J connectivity index is 1.53. The maximum absolute atomic E-state index is 12.5. The highest BCUT2D eigenvalue weighted by Gasteiger charge is 2.32. The van der Waals surface area contributed by atoms with Crippen molar-refractivity contribution in [2.75, 3.05) is 13.1 Å². The second kappa shape index (κ2) is 7.45. The Morgan fingerprint density at radius 3 is 2.87 bits per heavy atom. The highest BCUT2D eigenvalue weighted by Crippen LogP contribution is 2.28. The van der Waals surface area contributed by atoms with Crippen molar-refractivity contribution >= 4 is 5.91 Å². The zero-order valence-electron chi connectivity index (χ0n) is 14.0. The molecule has 2 unspecified atom stereocenters. The first-order valence-electron chi connectivity index (χ1n) is 8.92. The Bertz CT molecular complexity index is 540. The molecule has 4 heteroatoms. The number of nitrogens with zero attached hydrogens (tertiary/aromatic N) is 1. The zero-order chi connectivity index (χ0) is 16.2. The fourth-order valence-electron chi connectivity index (χ4n) is 3.94. The summed E-state index contributed by atoms with van der Waals surface area (Å²) in [5, 5.41) is 12.9. The number of carbonyl (C=O) groups excluding carboxylic acids is 1. The molecule has 3 rings (SSSR count). The molecule has 1 aromatic rings. The Labute approximate surface area is 138 Å². The van der Waals surface area contributed by atoms with E-state index in [1.807, 2.05) is 18.2 Å². The smallest absolute Gasteiger partial charge is 0.225 e. The lowest BCUT2D eigenvalue weighted by Crippen LogP contribution is -2.38. The monoisotopic (exact) mass is 316 g/mol. The van der Waals surface area contributed by atoms with Crippen molar-refractivity contribution in [2.45, 2.75) is 57.7 Å². The molecule has 2 atom stereocenters. The van der Waals surface area contributed by atoms with Crippen LogP contribution in [0.5, 0.6) is 0 Å². The van der Waals surface area contributed by atoms with E-state index in [0.29, 0.717) is 11.9 Å². The van der Waals surface area contributed by atoms with Crippen molar-refractivity contribution in [3.63, 3.8) is 0 Å². The number of amides is 1. The van der Waals surface area contributed by atoms with Crippen LogP contribution in [0, 0.1) is 5.92 Å². The van der Waals surface area contributed by atoms with E-state index in [9.17, 15) is 9.90 Å². The molecule has 0 bridgehead atoms. The summed E-state index contributed by atoms with van der Waals surface area (Å²) in [6.45, 7) is 3.95. The first-order chi connectivity index (χ1) is 11.2. The van der Waals surface area contributed by atoms with Gasteiger partial charge in [-0.3, -0.25) is 4.79 Å². The normalized spacial score (nSPS) is 23.4. The standard InChI is InChI=1S/C19H28N2O2/c1-14(17-8-4-5-15(11-17)13-22)20-18-9-10-21(12-18)19(23)16-6-2-3-7-16/h4-5,8,11,14,16,18,20,22H,2-3,6-7,9-10,12-13H2,1H3. The Kier molecular flexibility index (Phi) is 5.34. The highest BCUT2D eigenvalue weighted by atomic mass is 16.3. The summed E-state index contributed by atoms with van der Waals surface area (Å²) in [5.41, 5.74) is 2.14. The van der Waals surface area contributed by atoms with Gasteiger partial charge < -0.3 is 15.3 Å². The molecule has 1 amide bonds. The third kappa shape index (κ3) is 3.93. The van der Waals surface area contributed by atoms with Crippen molar-refractivity contribution in [3.05, 3.63) is 35.4 Å². The zero-order valence-corrected chi connectivity index (χ0v) is 14.0. The van der Waals surface area contributed by atoms with Gasteiger partial charge in [0.15, 0.2) is 0 Å². The number of likely N-dealkylation sites (tertiary alicyclic amines) is 1. The van der Waals surface area contributed by atoms with Crippen molar-refractivity contribution < 1.29 is 9.90 Å². The van der Waals surface area contributed by atoms with Crippen molar-refractivity contribution in [1.82, 2.24) is 10.2 Å². The average Bonchev–Trinajstić information content (AvgIpc) is 3.26. The van der Waals surface area contributed by atoms with E-state index in [4.69, 9.17) is 0 Å². The van der Waals surface area contributed by atoms with Gasteiger partial charge in [-0.05, 0) is 37.3 Å². The molecule has 23 heavy (non-hydrogen) atoms. The third-order valence-corrected chi connectivity index (χ3v) is 5.32. The second-order valence-corrected chi connectivity index (χ2v) is 7.04. The first kappa shape index (κ1) is 16.5. The molecule has 0 radical (unpaired) electrons. The third-order valence-electron chi connectivity index (χ3n) is 5.32. The largest absolute Gasteiger partial charge is 0.392 e. The minimum Gasteiger partial charge on any atom is -0.392 e. The van der Waals surface area contributed by atoms with Crippen LogP contribution in [0.3, 0.4) is 0 Å². The van der Waals surface area contributed by atoms with E-state index < -0.39 is 0 Å². The van der Waals surface area contributed by atoms with Gasteiger partial charge >= 0.3 is 0 Å². The van der Waals surface area contributed by atoms with Crippen LogP contribution in [0.15, 0.2) is 24.3 Å². The molecule has 2 aliphatic rings. The molecular weight excluding hydrogens is 288 g/mol. The predicted octanol–water partition coefficient (Wildman–Crippen LogP) is 2.62. The topological polar surface area (TPSA) is 52.6 Å². The van der Waals surface area contributed by atoms with Crippen LogP contribution >= 0.6 is 0 Å². The summed E-state index contributed by atoms with van der Waals surface area (Å²) in [7, 11) is 0. The van der Waals surface area contributed by atoms with E-state index in [0.717, 1.165) is 37.9 Å². The number of rotatable bonds is 5. The highest BCUT2D eigenvalue weighted by molar-refractivity contribution is 5.79. The maximum Gasteiger partial charge on any atom is 0.225 e. The molecular formula is C19H28N2O2. The number of hydrogen-bond acceptors (Lipinski definition) is 3. The molecule has 126 valence electrons. The van der Waals surface area contributed by atoms with Gasteiger partial charge in [-0.2, -0.15) is 0 Å². The minimum atomic E-state index is 0.0770. The Morgan fingerprint density at radius 1 is 1.35 bits per heavy atom. The molecule has 1 saturated carbocycles. The van der Waals surface area contributed by atoms with Crippen molar-refractivity contribution in [3.8, 4) is 0 Å². The van der Waals surface area contributed by atoms with Gasteiger partial charge in [0.2, 0.25) is 5.91 Å². The molecule has 4 nitrogen and oxygen atoms in total. The number of benzene rings is 1. The summed E-state index contributed by atoms with van der Waals surface area (Å²) in [5.74, 6) is 0.661. The minimum absolute atomic E-state index is 0.0770. The quantitative estimate of drug-likeness (QED) is 0.878. The Hall–Kier alpha value is -1.39. The molecule has 0 aromatic heterocycles. The molecule has 1 heterocycles. The lowest BCUT2D eigenvalue weighted by atomic mass is 10.0. The molecule has 2 fully saturated rings. The van der Waals surface area contributed by atoms with Crippen LogP contribution in [-0.4, -0.2) is 35.0 Å². The predicted molar refractivity (Wildman–Crippen MR) is 90.9 cm³/mol. The maximum atomic E-state index is 12.5. The summed E-state index contributed by atoms with van der Waals surface area (Å²) in [6.07, 6.45) is 5.62. The SMILES string of the molecule is CC(NC1CCN(C(=O)C2CCCC2)C1)c1cccc(CO)c1. The van der Waals surface area contributed by atoms with Crippen molar-refractivity contribution in [2.24, 2.45) is 5.92 Å². The van der Waals surface area contributed by atoms with Crippen LogP contribution in [0.25, 0.3) is 0 Å². The Morgan fingerprint density at radius 2 is 2.13 bits per heavy atom. The van der Waals surface area contributed by atoms with Gasteiger partial charge in [-0.15, -0.1) is 0 Å². The van der Waals surface area contributed by atoms with Crippen LogP contribution in [0.4, 0.5) is 0 Å². The van der Waals surface area contributed by atoms with Gasteiger partial charge in [-0.25, -0.2) is 0 Å². The molecule has 1 aliphatic carbocycles. The fraction of sp³-hybridized carbons (Fsp3) is 0.632. The first-order valence-corrected chi connectivity index (χ1v) is 8.92. The van der Waals surface area contributed by atoms with Crippen LogP contribution in [0.1, 0.15) is 56.2 Å². The number of carbonyl (C=O) groups is 1. The van der Waals surface area contributed by atoms with E-state index >= 15 is 0 Å². The molecule has 1 saturated heterocycles. The van der Waals surface area contributed by atoms with Crippen LogP contribution in [-0.2, 0) is 11.4 Å². The number of nitrogens with one attached hydrogen (secondary N) is 1. The summed E-state index contributed by atoms with van der Waals surface area (Å²) >= 11 is 0. The average molecular weight is 316 g/mol. The van der Waals surface area contributed by atoms with E-state index in [1.165, 1.54) is 18.4 Å². The van der Waals surface area contributed by atoms with Crippen LogP contribution in [0.2, 0.25) is 0 Å². The van der Waals surface area contributed by atoms with Gasteiger partial charge in [0.05, 0.1) is 6.61 Å². The van der Waals surface area contributed by atoms with Crippen LogP contribution < -0.4 is 5.32 Å².